The molecule has 0 bridgehead atoms. The van der Waals surface area contributed by atoms with E-state index in [0.29, 0.717) is 31.1 Å². The van der Waals surface area contributed by atoms with Crippen molar-refractivity contribution in [3.63, 3.8) is 0 Å². The standard InChI is InChI=1S/C17H19N5O2/c1-2-14(22-12-6-10-19-22)16(23)18-11-9-15-20-17(24-21-15)13-7-4-3-5-8-13/h3-8,10,12,14H,2,9,11H2,1H3,(H,18,23). The predicted molar refractivity (Wildman–Crippen MR) is 88.0 cm³/mol. The molecule has 3 rings (SSSR count). The highest BCUT2D eigenvalue weighted by Crippen LogP contribution is 2.16. The van der Waals surface area contributed by atoms with Crippen LogP contribution in [-0.4, -0.2) is 32.4 Å². The second-order valence-electron chi connectivity index (χ2n) is 5.33. The molecule has 0 aliphatic rings. The minimum Gasteiger partial charge on any atom is -0.354 e. The van der Waals surface area contributed by atoms with Crippen LogP contribution in [0.4, 0.5) is 0 Å². The molecule has 1 unspecified atom stereocenters. The maximum atomic E-state index is 12.3. The molecular weight excluding hydrogens is 306 g/mol. The van der Waals surface area contributed by atoms with Gasteiger partial charge in [-0.2, -0.15) is 10.1 Å². The number of hydrogen-bond acceptors (Lipinski definition) is 5. The van der Waals surface area contributed by atoms with Gasteiger partial charge in [0.05, 0.1) is 0 Å². The van der Waals surface area contributed by atoms with E-state index in [1.165, 1.54) is 0 Å². The predicted octanol–water partition coefficient (Wildman–Crippen LogP) is 2.24. The van der Waals surface area contributed by atoms with Crippen LogP contribution in [0, 0.1) is 0 Å². The molecule has 1 N–H and O–H groups in total. The van der Waals surface area contributed by atoms with Gasteiger partial charge in [0.25, 0.3) is 5.89 Å². The number of benzene rings is 1. The van der Waals surface area contributed by atoms with Crippen LogP contribution in [0.15, 0.2) is 53.3 Å². The molecule has 0 aliphatic carbocycles. The third-order valence-electron chi connectivity index (χ3n) is 3.67. The van der Waals surface area contributed by atoms with Crippen LogP contribution in [0.5, 0.6) is 0 Å². The smallest absolute Gasteiger partial charge is 0.257 e. The average molecular weight is 325 g/mol. The summed E-state index contributed by atoms with van der Waals surface area (Å²) >= 11 is 0. The third-order valence-corrected chi connectivity index (χ3v) is 3.67. The summed E-state index contributed by atoms with van der Waals surface area (Å²) in [4.78, 5) is 16.6. The molecule has 7 nitrogen and oxygen atoms in total. The van der Waals surface area contributed by atoms with Crippen molar-refractivity contribution < 1.29 is 9.32 Å². The van der Waals surface area contributed by atoms with Crippen molar-refractivity contribution in [1.82, 2.24) is 25.2 Å². The van der Waals surface area contributed by atoms with E-state index in [0.717, 1.165) is 5.56 Å². The van der Waals surface area contributed by atoms with Gasteiger partial charge in [-0.25, -0.2) is 0 Å². The lowest BCUT2D eigenvalue weighted by molar-refractivity contribution is -0.124. The Morgan fingerprint density at radius 3 is 2.83 bits per heavy atom. The summed E-state index contributed by atoms with van der Waals surface area (Å²) in [6.07, 6.45) is 4.64. The van der Waals surface area contributed by atoms with Crippen LogP contribution < -0.4 is 5.32 Å². The van der Waals surface area contributed by atoms with Gasteiger partial charge in [0, 0.05) is 30.9 Å². The first-order valence-electron chi connectivity index (χ1n) is 7.92. The van der Waals surface area contributed by atoms with E-state index in [1.807, 2.05) is 37.3 Å². The Morgan fingerprint density at radius 1 is 1.29 bits per heavy atom. The van der Waals surface area contributed by atoms with Crippen molar-refractivity contribution >= 4 is 5.91 Å². The molecule has 124 valence electrons. The van der Waals surface area contributed by atoms with Crippen LogP contribution in [0.3, 0.4) is 0 Å². The van der Waals surface area contributed by atoms with Gasteiger partial charge < -0.3 is 9.84 Å². The molecule has 0 saturated carbocycles. The molecule has 0 fully saturated rings. The molecule has 0 spiro atoms. The fourth-order valence-electron chi connectivity index (χ4n) is 2.43. The van der Waals surface area contributed by atoms with E-state index in [2.05, 4.69) is 20.6 Å². The van der Waals surface area contributed by atoms with Crippen LogP contribution in [0.2, 0.25) is 0 Å². The summed E-state index contributed by atoms with van der Waals surface area (Å²) in [5.41, 5.74) is 0.880. The van der Waals surface area contributed by atoms with E-state index in [4.69, 9.17) is 4.52 Å². The third kappa shape index (κ3) is 3.68. The van der Waals surface area contributed by atoms with Crippen LogP contribution >= 0.6 is 0 Å². The summed E-state index contributed by atoms with van der Waals surface area (Å²) < 4.78 is 6.91. The van der Waals surface area contributed by atoms with Crippen molar-refractivity contribution in [2.24, 2.45) is 0 Å². The van der Waals surface area contributed by atoms with Gasteiger partial charge in [-0.1, -0.05) is 30.3 Å². The number of carbonyl (C=O) groups excluding carboxylic acids is 1. The first-order valence-corrected chi connectivity index (χ1v) is 7.92. The molecule has 0 radical (unpaired) electrons. The van der Waals surface area contributed by atoms with Crippen molar-refractivity contribution in [1.29, 1.82) is 0 Å². The van der Waals surface area contributed by atoms with E-state index in [-0.39, 0.29) is 11.9 Å². The minimum atomic E-state index is -0.301. The Labute approximate surface area is 139 Å². The SMILES string of the molecule is CCC(C(=O)NCCc1noc(-c2ccccc2)n1)n1cccn1. The van der Waals surface area contributed by atoms with Crippen LogP contribution in [0.1, 0.15) is 25.2 Å². The quantitative estimate of drug-likeness (QED) is 0.720. The van der Waals surface area contributed by atoms with Gasteiger partial charge >= 0.3 is 0 Å². The zero-order valence-corrected chi connectivity index (χ0v) is 13.4. The first-order chi connectivity index (χ1) is 11.8. The largest absolute Gasteiger partial charge is 0.354 e. The maximum Gasteiger partial charge on any atom is 0.257 e. The summed E-state index contributed by atoms with van der Waals surface area (Å²) in [5, 5.41) is 11.0. The van der Waals surface area contributed by atoms with Gasteiger partial charge in [0.15, 0.2) is 5.82 Å². The van der Waals surface area contributed by atoms with Gasteiger partial charge in [-0.05, 0) is 24.6 Å². The summed E-state index contributed by atoms with van der Waals surface area (Å²) in [6.45, 7) is 2.40. The minimum absolute atomic E-state index is 0.0621. The summed E-state index contributed by atoms with van der Waals surface area (Å²) in [6, 6.07) is 11.1. The molecule has 3 aromatic rings. The zero-order valence-electron chi connectivity index (χ0n) is 13.4. The lowest BCUT2D eigenvalue weighted by Crippen LogP contribution is -2.34. The number of amides is 1. The fraction of sp³-hybridized carbons (Fsp3) is 0.294. The van der Waals surface area contributed by atoms with Gasteiger partial charge in [0.2, 0.25) is 5.91 Å². The topological polar surface area (TPSA) is 85.8 Å². The number of nitrogens with zero attached hydrogens (tertiary/aromatic N) is 4. The summed E-state index contributed by atoms with van der Waals surface area (Å²) in [5.74, 6) is 0.995. The second kappa shape index (κ2) is 7.54. The fourth-order valence-corrected chi connectivity index (χ4v) is 2.43. The molecule has 1 aromatic carbocycles. The van der Waals surface area contributed by atoms with E-state index < -0.39 is 0 Å². The van der Waals surface area contributed by atoms with E-state index in [1.54, 1.807) is 23.1 Å². The molecule has 0 saturated heterocycles. The molecule has 7 heteroatoms. The number of carbonyl (C=O) groups is 1. The van der Waals surface area contributed by atoms with Gasteiger partial charge in [-0.15, -0.1) is 0 Å². The summed E-state index contributed by atoms with van der Waals surface area (Å²) in [7, 11) is 0. The van der Waals surface area contributed by atoms with Crippen LogP contribution in [-0.2, 0) is 11.2 Å². The zero-order chi connectivity index (χ0) is 16.8. The highest BCUT2D eigenvalue weighted by Gasteiger charge is 2.18. The Balaban J connectivity index is 1.53. The highest BCUT2D eigenvalue weighted by molar-refractivity contribution is 5.80. The Hall–Kier alpha value is -2.96. The van der Waals surface area contributed by atoms with Gasteiger partial charge in [-0.3, -0.25) is 9.48 Å². The Bertz CT molecular complexity index is 767. The van der Waals surface area contributed by atoms with Crippen molar-refractivity contribution in [2.75, 3.05) is 6.54 Å². The molecule has 24 heavy (non-hydrogen) atoms. The molecular formula is C17H19N5O2. The van der Waals surface area contributed by atoms with E-state index in [9.17, 15) is 4.79 Å². The molecule has 2 aromatic heterocycles. The monoisotopic (exact) mass is 325 g/mol. The molecule has 1 amide bonds. The van der Waals surface area contributed by atoms with Gasteiger partial charge in [0.1, 0.15) is 6.04 Å². The second-order valence-corrected chi connectivity index (χ2v) is 5.33. The number of hydrogen-bond donors (Lipinski definition) is 1. The normalized spacial score (nSPS) is 12.0. The molecule has 2 heterocycles. The molecule has 1 atom stereocenters. The lowest BCUT2D eigenvalue weighted by atomic mass is 10.2. The van der Waals surface area contributed by atoms with Crippen molar-refractivity contribution in [2.45, 2.75) is 25.8 Å². The Morgan fingerprint density at radius 2 is 2.12 bits per heavy atom. The number of aromatic nitrogens is 4. The van der Waals surface area contributed by atoms with Crippen molar-refractivity contribution in [3.8, 4) is 11.5 Å². The molecule has 0 aliphatic heterocycles. The number of nitrogens with one attached hydrogen (secondary N) is 1. The maximum absolute atomic E-state index is 12.3. The highest BCUT2D eigenvalue weighted by atomic mass is 16.5. The Kier molecular flexibility index (Phi) is 5.00. The first kappa shape index (κ1) is 15.9. The van der Waals surface area contributed by atoms with Crippen molar-refractivity contribution in [3.05, 3.63) is 54.6 Å². The number of rotatable bonds is 7. The average Bonchev–Trinajstić information content (AvgIpc) is 3.28. The lowest BCUT2D eigenvalue weighted by Gasteiger charge is -2.14. The van der Waals surface area contributed by atoms with E-state index >= 15 is 0 Å². The van der Waals surface area contributed by atoms with Crippen LogP contribution in [0.25, 0.3) is 11.5 Å².